The van der Waals surface area contributed by atoms with Crippen LogP contribution in [-0.4, -0.2) is 23.9 Å². The molecule has 2 rings (SSSR count). The highest BCUT2D eigenvalue weighted by molar-refractivity contribution is 5.85. The van der Waals surface area contributed by atoms with Crippen LogP contribution in [0.15, 0.2) is 48.5 Å². The predicted octanol–water partition coefficient (Wildman–Crippen LogP) is 4.09. The smallest absolute Gasteiger partial charge is 0.222 e. The molecule has 0 aliphatic heterocycles. The van der Waals surface area contributed by atoms with E-state index in [0.29, 0.717) is 44.5 Å². The highest BCUT2D eigenvalue weighted by Crippen LogP contribution is 2.13. The van der Waals surface area contributed by atoms with Gasteiger partial charge in [0.15, 0.2) is 11.6 Å². The van der Waals surface area contributed by atoms with Crippen LogP contribution < -0.4 is 5.73 Å². The fourth-order valence-corrected chi connectivity index (χ4v) is 2.67. The number of carbonyl (C=O) groups excluding carboxylic acids is 1. The fourth-order valence-electron chi connectivity index (χ4n) is 2.67. The normalized spacial score (nSPS) is 10.3. The number of amides is 1. The number of rotatable bonds is 9. The average Bonchev–Trinajstić information content (AvgIpc) is 2.62. The van der Waals surface area contributed by atoms with E-state index in [1.807, 2.05) is 35.2 Å². The number of hydrogen-bond donors (Lipinski definition) is 1. The molecular formula is C20H25ClF2N2O. The number of carbonyl (C=O) groups is 1. The second kappa shape index (κ2) is 11.6. The van der Waals surface area contributed by atoms with E-state index in [0.717, 1.165) is 18.1 Å². The Hall–Kier alpha value is -1.98. The minimum atomic E-state index is -0.851. The average molecular weight is 383 g/mol. The summed E-state index contributed by atoms with van der Waals surface area (Å²) in [6.45, 7) is 1.72. The summed E-state index contributed by atoms with van der Waals surface area (Å²) in [4.78, 5) is 14.3. The Morgan fingerprint density at radius 2 is 1.69 bits per heavy atom. The van der Waals surface area contributed by atoms with Gasteiger partial charge in [0.25, 0.3) is 0 Å². The van der Waals surface area contributed by atoms with E-state index in [1.165, 1.54) is 6.07 Å². The maximum Gasteiger partial charge on any atom is 0.222 e. The van der Waals surface area contributed by atoms with E-state index < -0.39 is 11.6 Å². The second-order valence-electron chi connectivity index (χ2n) is 6.05. The van der Waals surface area contributed by atoms with Gasteiger partial charge < -0.3 is 10.6 Å². The Morgan fingerprint density at radius 1 is 0.962 bits per heavy atom. The van der Waals surface area contributed by atoms with Gasteiger partial charge in [0.2, 0.25) is 5.91 Å². The summed E-state index contributed by atoms with van der Waals surface area (Å²) in [5.74, 6) is -1.65. The molecule has 2 aromatic rings. The van der Waals surface area contributed by atoms with Gasteiger partial charge in [-0.3, -0.25) is 4.79 Å². The summed E-state index contributed by atoms with van der Waals surface area (Å²) in [5.41, 5.74) is 7.34. The Labute approximate surface area is 159 Å². The Kier molecular flexibility index (Phi) is 9.84. The predicted molar refractivity (Wildman–Crippen MR) is 102 cm³/mol. The van der Waals surface area contributed by atoms with Gasteiger partial charge >= 0.3 is 0 Å². The monoisotopic (exact) mass is 382 g/mol. The van der Waals surface area contributed by atoms with E-state index in [1.54, 1.807) is 6.07 Å². The maximum atomic E-state index is 13.2. The van der Waals surface area contributed by atoms with Gasteiger partial charge in [-0.15, -0.1) is 12.4 Å². The third-order valence-corrected chi connectivity index (χ3v) is 4.04. The molecule has 0 atom stereocenters. The van der Waals surface area contributed by atoms with Crippen LogP contribution in [0, 0.1) is 11.6 Å². The van der Waals surface area contributed by atoms with E-state index in [-0.39, 0.29) is 18.3 Å². The molecule has 0 bridgehead atoms. The first-order valence-corrected chi connectivity index (χ1v) is 8.56. The second-order valence-corrected chi connectivity index (χ2v) is 6.05. The van der Waals surface area contributed by atoms with Crippen LogP contribution >= 0.6 is 12.4 Å². The summed E-state index contributed by atoms with van der Waals surface area (Å²) in [5, 5.41) is 0. The topological polar surface area (TPSA) is 46.3 Å². The summed E-state index contributed by atoms with van der Waals surface area (Å²) in [7, 11) is 0. The maximum absolute atomic E-state index is 13.2. The zero-order valence-electron chi connectivity index (χ0n) is 14.7. The number of nitrogens with two attached hydrogens (primary N) is 1. The van der Waals surface area contributed by atoms with E-state index in [9.17, 15) is 13.6 Å². The van der Waals surface area contributed by atoms with Crippen molar-refractivity contribution in [3.8, 4) is 0 Å². The van der Waals surface area contributed by atoms with Crippen molar-refractivity contribution in [2.24, 2.45) is 5.73 Å². The zero-order valence-corrected chi connectivity index (χ0v) is 15.5. The van der Waals surface area contributed by atoms with Gasteiger partial charge in [0.1, 0.15) is 0 Å². The molecule has 26 heavy (non-hydrogen) atoms. The van der Waals surface area contributed by atoms with Gasteiger partial charge in [-0.05, 0) is 49.1 Å². The SMILES string of the molecule is Cl.NCCCN(Cc1ccccc1)C(=O)CCCc1ccc(F)c(F)c1. The molecule has 6 heteroatoms. The van der Waals surface area contributed by atoms with Crippen molar-refractivity contribution in [3.63, 3.8) is 0 Å². The van der Waals surface area contributed by atoms with Gasteiger partial charge in [-0.1, -0.05) is 36.4 Å². The molecule has 1 amide bonds. The highest BCUT2D eigenvalue weighted by atomic mass is 35.5. The highest BCUT2D eigenvalue weighted by Gasteiger charge is 2.13. The molecule has 0 spiro atoms. The van der Waals surface area contributed by atoms with E-state index in [2.05, 4.69) is 0 Å². The van der Waals surface area contributed by atoms with Crippen molar-refractivity contribution in [1.82, 2.24) is 4.90 Å². The Bertz CT molecular complexity index is 683. The molecule has 0 fully saturated rings. The van der Waals surface area contributed by atoms with Crippen molar-refractivity contribution in [3.05, 3.63) is 71.3 Å². The van der Waals surface area contributed by atoms with Crippen molar-refractivity contribution in [2.45, 2.75) is 32.2 Å². The van der Waals surface area contributed by atoms with Crippen molar-refractivity contribution < 1.29 is 13.6 Å². The van der Waals surface area contributed by atoms with Crippen molar-refractivity contribution in [1.29, 1.82) is 0 Å². The van der Waals surface area contributed by atoms with E-state index >= 15 is 0 Å². The standard InChI is InChI=1S/C20H24F2N2O.ClH/c21-18-11-10-16(14-19(18)22)8-4-9-20(25)24(13-5-12-23)15-17-6-2-1-3-7-17;/h1-3,6-7,10-11,14H,4-5,8-9,12-13,15,23H2;1H. The fraction of sp³-hybridized carbons (Fsp3) is 0.350. The van der Waals surface area contributed by atoms with Crippen LogP contribution in [0.25, 0.3) is 0 Å². The molecule has 142 valence electrons. The van der Waals surface area contributed by atoms with Crippen LogP contribution in [0.4, 0.5) is 8.78 Å². The summed E-state index contributed by atoms with van der Waals surface area (Å²) >= 11 is 0. The number of aryl methyl sites for hydroxylation is 1. The molecule has 2 aromatic carbocycles. The molecule has 3 nitrogen and oxygen atoms in total. The molecule has 0 aromatic heterocycles. The molecule has 2 N–H and O–H groups in total. The summed E-state index contributed by atoms with van der Waals surface area (Å²) in [6.07, 6.45) is 2.26. The summed E-state index contributed by atoms with van der Waals surface area (Å²) < 4.78 is 26.1. The largest absolute Gasteiger partial charge is 0.338 e. The number of halogens is 3. The number of nitrogens with zero attached hydrogens (tertiary/aromatic N) is 1. The number of benzene rings is 2. The van der Waals surface area contributed by atoms with Gasteiger partial charge in [0, 0.05) is 19.5 Å². The lowest BCUT2D eigenvalue weighted by Gasteiger charge is -2.23. The molecule has 0 radical (unpaired) electrons. The first-order chi connectivity index (χ1) is 12.1. The first kappa shape index (κ1) is 22.1. The molecule has 0 saturated carbocycles. The number of hydrogen-bond acceptors (Lipinski definition) is 2. The lowest BCUT2D eigenvalue weighted by Crippen LogP contribution is -2.32. The molecular weight excluding hydrogens is 358 g/mol. The van der Waals surface area contributed by atoms with Crippen molar-refractivity contribution >= 4 is 18.3 Å². The third-order valence-electron chi connectivity index (χ3n) is 4.04. The lowest BCUT2D eigenvalue weighted by atomic mass is 10.1. The molecule has 0 aliphatic carbocycles. The molecule has 0 heterocycles. The molecule has 0 saturated heterocycles. The zero-order chi connectivity index (χ0) is 18.1. The van der Waals surface area contributed by atoms with Crippen LogP contribution in [0.5, 0.6) is 0 Å². The van der Waals surface area contributed by atoms with Crippen molar-refractivity contribution in [2.75, 3.05) is 13.1 Å². The summed E-state index contributed by atoms with van der Waals surface area (Å²) in [6, 6.07) is 13.7. The van der Waals surface area contributed by atoms with Crippen LogP contribution in [0.2, 0.25) is 0 Å². The van der Waals surface area contributed by atoms with Gasteiger partial charge in [0.05, 0.1) is 0 Å². The van der Waals surface area contributed by atoms with Gasteiger partial charge in [-0.2, -0.15) is 0 Å². The van der Waals surface area contributed by atoms with Gasteiger partial charge in [-0.25, -0.2) is 8.78 Å². The minimum absolute atomic E-state index is 0. The molecule has 0 unspecified atom stereocenters. The quantitative estimate of drug-likeness (QED) is 0.710. The Balaban J connectivity index is 0.00000338. The minimum Gasteiger partial charge on any atom is -0.338 e. The Morgan fingerprint density at radius 3 is 2.35 bits per heavy atom. The van der Waals surface area contributed by atoms with Crippen LogP contribution in [0.3, 0.4) is 0 Å². The molecule has 0 aliphatic rings. The van der Waals surface area contributed by atoms with Crippen LogP contribution in [0.1, 0.15) is 30.4 Å². The van der Waals surface area contributed by atoms with E-state index in [4.69, 9.17) is 5.73 Å². The third kappa shape index (κ3) is 7.10. The van der Waals surface area contributed by atoms with Crippen LogP contribution in [-0.2, 0) is 17.8 Å². The lowest BCUT2D eigenvalue weighted by molar-refractivity contribution is -0.132. The first-order valence-electron chi connectivity index (χ1n) is 8.56.